The fourth-order valence-electron chi connectivity index (χ4n) is 3.25. The van der Waals surface area contributed by atoms with E-state index in [2.05, 4.69) is 15.6 Å². The highest BCUT2D eigenvalue weighted by Gasteiger charge is 2.17. The van der Waals surface area contributed by atoms with Crippen LogP contribution in [0.2, 0.25) is 0 Å². The summed E-state index contributed by atoms with van der Waals surface area (Å²) in [7, 11) is 3.10. The summed E-state index contributed by atoms with van der Waals surface area (Å²) in [4.78, 5) is 29.4. The largest absolute Gasteiger partial charge is 0.497 e. The number of nitrogens with one attached hydrogen (secondary N) is 2. The highest BCUT2D eigenvalue weighted by molar-refractivity contribution is 5.95. The minimum Gasteiger partial charge on any atom is -0.497 e. The molecule has 1 aromatic carbocycles. The number of hydrogen-bond donors (Lipinski definition) is 2. The third-order valence-electron chi connectivity index (χ3n) is 4.78. The van der Waals surface area contributed by atoms with Crippen molar-refractivity contribution in [3.8, 4) is 11.5 Å². The molecule has 0 saturated heterocycles. The van der Waals surface area contributed by atoms with Crippen molar-refractivity contribution in [3.63, 3.8) is 0 Å². The Hall–Kier alpha value is -3.55. The topological polar surface area (TPSA) is 94.0 Å². The first kappa shape index (κ1) is 21.2. The third-order valence-corrected chi connectivity index (χ3v) is 4.78. The van der Waals surface area contributed by atoms with Crippen LogP contribution in [0.4, 0.5) is 5.69 Å². The number of methoxy groups -OCH3 is 2. The summed E-state index contributed by atoms with van der Waals surface area (Å²) in [6.07, 6.45) is 2.58. The Balaban J connectivity index is 1.54. The van der Waals surface area contributed by atoms with Gasteiger partial charge in [0.1, 0.15) is 22.8 Å². The van der Waals surface area contributed by atoms with E-state index in [0.717, 1.165) is 11.2 Å². The normalized spacial score (nSPS) is 10.7. The molecule has 158 valence electrons. The van der Waals surface area contributed by atoms with Crippen molar-refractivity contribution in [3.05, 3.63) is 53.5 Å². The number of aryl methyl sites for hydroxylation is 2. The number of carbonyl (C=O) groups is 2. The average Bonchev–Trinajstić information content (AvgIpc) is 3.08. The summed E-state index contributed by atoms with van der Waals surface area (Å²) in [5.74, 6) is 0.797. The van der Waals surface area contributed by atoms with E-state index in [1.165, 1.54) is 7.11 Å². The Bertz CT molecular complexity index is 1070. The zero-order valence-corrected chi connectivity index (χ0v) is 17.6. The quantitative estimate of drug-likeness (QED) is 0.557. The lowest BCUT2D eigenvalue weighted by molar-refractivity contribution is -0.116. The molecule has 2 heterocycles. The van der Waals surface area contributed by atoms with Gasteiger partial charge in [-0.1, -0.05) is 6.07 Å². The number of benzene rings is 1. The number of aromatic nitrogens is 2. The minimum atomic E-state index is -0.208. The lowest BCUT2D eigenvalue weighted by atomic mass is 10.2. The van der Waals surface area contributed by atoms with Crippen LogP contribution in [-0.4, -0.2) is 42.0 Å². The zero-order valence-electron chi connectivity index (χ0n) is 17.6. The fourth-order valence-corrected chi connectivity index (χ4v) is 3.25. The van der Waals surface area contributed by atoms with Crippen molar-refractivity contribution in [2.24, 2.45) is 0 Å². The molecular weight excluding hydrogens is 384 g/mol. The molecular formula is C22H26N4O4. The SMILES string of the molecule is COc1ccc(OC)c(NC(=O)CCCNC(=O)c2c(C)nc3c(C)cccn23)c1. The van der Waals surface area contributed by atoms with Crippen molar-refractivity contribution in [1.82, 2.24) is 14.7 Å². The third kappa shape index (κ3) is 4.53. The predicted molar refractivity (Wildman–Crippen MR) is 114 cm³/mol. The number of ether oxygens (including phenoxy) is 2. The first-order valence-electron chi connectivity index (χ1n) is 9.69. The van der Waals surface area contributed by atoms with Gasteiger partial charge in [-0.05, 0) is 44.0 Å². The Labute approximate surface area is 175 Å². The summed E-state index contributed by atoms with van der Waals surface area (Å²) in [5.41, 5.74) is 3.50. The van der Waals surface area contributed by atoms with Gasteiger partial charge in [-0.15, -0.1) is 0 Å². The Kier molecular flexibility index (Phi) is 6.56. The molecule has 0 spiro atoms. The molecule has 0 unspecified atom stereocenters. The molecule has 0 bridgehead atoms. The number of nitrogens with zero attached hydrogens (tertiary/aromatic N) is 2. The summed E-state index contributed by atoms with van der Waals surface area (Å²) in [5, 5.41) is 5.69. The molecule has 2 aromatic heterocycles. The van der Waals surface area contributed by atoms with Crippen LogP contribution >= 0.6 is 0 Å². The van der Waals surface area contributed by atoms with E-state index in [4.69, 9.17) is 9.47 Å². The summed E-state index contributed by atoms with van der Waals surface area (Å²) < 4.78 is 12.2. The van der Waals surface area contributed by atoms with E-state index in [-0.39, 0.29) is 18.2 Å². The molecule has 0 aliphatic rings. The van der Waals surface area contributed by atoms with E-state index in [0.29, 0.717) is 41.5 Å². The van der Waals surface area contributed by atoms with Crippen LogP contribution in [0.1, 0.15) is 34.6 Å². The molecule has 2 N–H and O–H groups in total. The van der Waals surface area contributed by atoms with Crippen molar-refractivity contribution in [2.45, 2.75) is 26.7 Å². The fraction of sp³-hybridized carbons (Fsp3) is 0.318. The second-order valence-electron chi connectivity index (χ2n) is 6.90. The molecule has 0 saturated carbocycles. The maximum Gasteiger partial charge on any atom is 0.270 e. The number of anilines is 1. The van der Waals surface area contributed by atoms with Gasteiger partial charge in [0.2, 0.25) is 5.91 Å². The second-order valence-corrected chi connectivity index (χ2v) is 6.90. The van der Waals surface area contributed by atoms with Crippen LogP contribution in [0.5, 0.6) is 11.5 Å². The number of amides is 2. The van der Waals surface area contributed by atoms with Crippen LogP contribution < -0.4 is 20.1 Å². The Morgan fingerprint density at radius 3 is 2.67 bits per heavy atom. The highest BCUT2D eigenvalue weighted by atomic mass is 16.5. The highest BCUT2D eigenvalue weighted by Crippen LogP contribution is 2.29. The van der Waals surface area contributed by atoms with E-state index >= 15 is 0 Å². The van der Waals surface area contributed by atoms with Gasteiger partial charge in [0, 0.05) is 25.2 Å². The van der Waals surface area contributed by atoms with Gasteiger partial charge >= 0.3 is 0 Å². The van der Waals surface area contributed by atoms with Crippen LogP contribution in [-0.2, 0) is 4.79 Å². The molecule has 0 radical (unpaired) electrons. The molecule has 0 fully saturated rings. The molecule has 0 aliphatic heterocycles. The lowest BCUT2D eigenvalue weighted by Gasteiger charge is -2.12. The van der Waals surface area contributed by atoms with Crippen LogP contribution in [0.3, 0.4) is 0 Å². The molecule has 8 nitrogen and oxygen atoms in total. The van der Waals surface area contributed by atoms with Crippen molar-refractivity contribution < 1.29 is 19.1 Å². The van der Waals surface area contributed by atoms with Gasteiger partial charge in [-0.2, -0.15) is 0 Å². The number of hydrogen-bond acceptors (Lipinski definition) is 5. The van der Waals surface area contributed by atoms with Gasteiger partial charge in [0.25, 0.3) is 5.91 Å². The van der Waals surface area contributed by atoms with Crippen LogP contribution in [0, 0.1) is 13.8 Å². The Morgan fingerprint density at radius 2 is 1.93 bits per heavy atom. The molecule has 30 heavy (non-hydrogen) atoms. The number of carbonyl (C=O) groups excluding carboxylic acids is 2. The average molecular weight is 410 g/mol. The molecule has 2 amide bonds. The smallest absolute Gasteiger partial charge is 0.270 e. The van der Waals surface area contributed by atoms with Gasteiger partial charge in [-0.25, -0.2) is 4.98 Å². The lowest BCUT2D eigenvalue weighted by Crippen LogP contribution is -2.27. The van der Waals surface area contributed by atoms with Gasteiger partial charge in [-0.3, -0.25) is 14.0 Å². The number of fused-ring (bicyclic) bond motifs is 1. The first-order valence-corrected chi connectivity index (χ1v) is 9.69. The summed E-state index contributed by atoms with van der Waals surface area (Å²) in [6.45, 7) is 4.15. The number of rotatable bonds is 8. The molecule has 3 rings (SSSR count). The second kappa shape index (κ2) is 9.30. The maximum absolute atomic E-state index is 12.6. The predicted octanol–water partition coefficient (Wildman–Crippen LogP) is 3.12. The van der Waals surface area contributed by atoms with E-state index in [9.17, 15) is 9.59 Å². The molecule has 8 heteroatoms. The standard InChI is InChI=1S/C22H26N4O4/c1-14-7-6-12-26-20(15(2)24-21(14)26)22(28)23-11-5-8-19(27)25-17-13-16(29-3)9-10-18(17)30-4/h6-7,9-10,12-13H,5,8,11H2,1-4H3,(H,23,28)(H,25,27). The van der Waals surface area contributed by atoms with Gasteiger partial charge in [0.15, 0.2) is 0 Å². The van der Waals surface area contributed by atoms with Crippen molar-refractivity contribution in [1.29, 1.82) is 0 Å². The van der Waals surface area contributed by atoms with Crippen molar-refractivity contribution >= 4 is 23.1 Å². The van der Waals surface area contributed by atoms with Crippen LogP contribution in [0.15, 0.2) is 36.5 Å². The van der Waals surface area contributed by atoms with E-state index in [1.807, 2.05) is 32.2 Å². The van der Waals surface area contributed by atoms with E-state index < -0.39 is 0 Å². The first-order chi connectivity index (χ1) is 14.4. The molecule has 3 aromatic rings. The zero-order chi connectivity index (χ0) is 21.7. The minimum absolute atomic E-state index is 0.169. The monoisotopic (exact) mass is 410 g/mol. The summed E-state index contributed by atoms with van der Waals surface area (Å²) in [6, 6.07) is 9.03. The van der Waals surface area contributed by atoms with E-state index in [1.54, 1.807) is 29.7 Å². The number of pyridine rings is 1. The van der Waals surface area contributed by atoms with Gasteiger partial charge in [0.05, 0.1) is 25.6 Å². The number of imidazole rings is 1. The Morgan fingerprint density at radius 1 is 1.13 bits per heavy atom. The van der Waals surface area contributed by atoms with Gasteiger partial charge < -0.3 is 20.1 Å². The maximum atomic E-state index is 12.6. The summed E-state index contributed by atoms with van der Waals surface area (Å²) >= 11 is 0. The van der Waals surface area contributed by atoms with Crippen molar-refractivity contribution in [2.75, 3.05) is 26.1 Å². The molecule has 0 atom stereocenters. The molecule has 0 aliphatic carbocycles. The van der Waals surface area contributed by atoms with Crippen LogP contribution in [0.25, 0.3) is 5.65 Å².